The molecule has 36 heavy (non-hydrogen) atoms. The molecule has 0 fully saturated rings. The Hall–Kier alpha value is -4.39. The number of nitrogens with one attached hydrogen (secondary N) is 3. The second kappa shape index (κ2) is 10.1. The van der Waals surface area contributed by atoms with Gasteiger partial charge in [-0.2, -0.15) is 0 Å². The lowest BCUT2D eigenvalue weighted by Gasteiger charge is -2.22. The number of carbonyl (C=O) groups excluding carboxylic acids is 2. The Labute approximate surface area is 210 Å². The summed E-state index contributed by atoms with van der Waals surface area (Å²) < 4.78 is 0. The number of aryl methyl sites for hydroxylation is 2. The van der Waals surface area contributed by atoms with Gasteiger partial charge in [-0.15, -0.1) is 0 Å². The molecule has 2 amide bonds. The minimum absolute atomic E-state index is 0.00487. The van der Waals surface area contributed by atoms with Crippen molar-refractivity contribution < 1.29 is 9.59 Å². The number of hydrogen-bond acceptors (Lipinski definition) is 5. The van der Waals surface area contributed by atoms with E-state index in [1.54, 1.807) is 6.20 Å². The normalized spacial score (nSPS) is 16.4. The molecule has 6 rings (SSSR count). The third kappa shape index (κ3) is 5.15. The lowest BCUT2D eigenvalue weighted by molar-refractivity contribution is -0.122. The van der Waals surface area contributed by atoms with Crippen LogP contribution in [0.1, 0.15) is 41.1 Å². The van der Waals surface area contributed by atoms with E-state index < -0.39 is 6.04 Å². The average molecular weight is 480 g/mol. The van der Waals surface area contributed by atoms with Crippen LogP contribution in [-0.2, 0) is 22.6 Å². The molecular weight excluding hydrogens is 450 g/mol. The lowest BCUT2D eigenvalue weighted by Crippen LogP contribution is -2.33. The van der Waals surface area contributed by atoms with Gasteiger partial charge in [0.25, 0.3) is 0 Å². The Bertz CT molecular complexity index is 1450. The highest BCUT2D eigenvalue weighted by atomic mass is 16.2. The molecule has 0 radical (unpaired) electrons. The fourth-order valence-corrected chi connectivity index (χ4v) is 4.65. The molecule has 1 atom stereocenters. The van der Waals surface area contributed by atoms with Crippen molar-refractivity contribution >= 4 is 39.8 Å². The SMILES string of the molecule is Cc1cc2ccc1CCCC(=O)Nc1cccc(c1)CNC(=O)C2Nc1ccc2c(N)nccc2c1. The van der Waals surface area contributed by atoms with Crippen LogP contribution in [0.2, 0.25) is 0 Å². The van der Waals surface area contributed by atoms with Gasteiger partial charge in [-0.3, -0.25) is 9.59 Å². The van der Waals surface area contributed by atoms with Gasteiger partial charge >= 0.3 is 0 Å². The van der Waals surface area contributed by atoms with E-state index in [0.717, 1.165) is 51.7 Å². The summed E-state index contributed by atoms with van der Waals surface area (Å²) in [5.41, 5.74) is 11.6. The maximum atomic E-state index is 13.5. The van der Waals surface area contributed by atoms with E-state index in [1.165, 1.54) is 5.56 Å². The summed E-state index contributed by atoms with van der Waals surface area (Å²) in [6.45, 7) is 2.39. The Morgan fingerprint density at radius 2 is 1.89 bits per heavy atom. The Morgan fingerprint density at radius 1 is 1.00 bits per heavy atom. The number of carbonyl (C=O) groups is 2. The Morgan fingerprint density at radius 3 is 2.75 bits per heavy atom. The number of benzene rings is 3. The molecule has 0 spiro atoms. The van der Waals surface area contributed by atoms with Crippen LogP contribution < -0.4 is 21.7 Å². The Balaban J connectivity index is 1.49. The first-order valence-electron chi connectivity index (χ1n) is 12.1. The molecule has 3 aromatic carbocycles. The summed E-state index contributed by atoms with van der Waals surface area (Å²) in [6, 6.07) is 20.8. The van der Waals surface area contributed by atoms with Crippen molar-refractivity contribution in [2.24, 2.45) is 0 Å². The number of rotatable bonds is 2. The molecular formula is C29H29N5O2. The molecule has 0 saturated heterocycles. The minimum atomic E-state index is -0.592. The number of pyridine rings is 1. The Kier molecular flexibility index (Phi) is 6.54. The van der Waals surface area contributed by atoms with Gasteiger partial charge < -0.3 is 21.7 Å². The van der Waals surface area contributed by atoms with Crippen LogP contribution in [-0.4, -0.2) is 16.8 Å². The monoisotopic (exact) mass is 479 g/mol. The van der Waals surface area contributed by atoms with E-state index in [0.29, 0.717) is 18.8 Å². The summed E-state index contributed by atoms with van der Waals surface area (Å²) >= 11 is 0. The van der Waals surface area contributed by atoms with Gasteiger partial charge in [0.15, 0.2) is 0 Å². The van der Waals surface area contributed by atoms with Gasteiger partial charge in [0, 0.05) is 35.9 Å². The molecule has 4 bridgehead atoms. The molecule has 2 aliphatic heterocycles. The molecule has 5 N–H and O–H groups in total. The number of hydrogen-bond donors (Lipinski definition) is 4. The van der Waals surface area contributed by atoms with Crippen molar-refractivity contribution in [3.05, 3.63) is 95.2 Å². The van der Waals surface area contributed by atoms with Crippen LogP contribution in [0.3, 0.4) is 0 Å². The summed E-state index contributed by atoms with van der Waals surface area (Å²) in [5, 5.41) is 11.3. The van der Waals surface area contributed by atoms with Crippen molar-refractivity contribution in [3.63, 3.8) is 0 Å². The molecule has 7 heteroatoms. The van der Waals surface area contributed by atoms with Gasteiger partial charge in [-0.05, 0) is 83.8 Å². The summed E-state index contributed by atoms with van der Waals surface area (Å²) in [7, 11) is 0. The molecule has 0 saturated carbocycles. The fraction of sp³-hybridized carbons (Fsp3) is 0.207. The maximum Gasteiger partial charge on any atom is 0.247 e. The zero-order valence-electron chi connectivity index (χ0n) is 20.2. The maximum absolute atomic E-state index is 13.5. The third-order valence-corrected chi connectivity index (χ3v) is 6.60. The number of amides is 2. The average Bonchev–Trinajstić information content (AvgIpc) is 2.86. The first-order valence-corrected chi connectivity index (χ1v) is 12.1. The number of nitrogen functional groups attached to an aromatic ring is 1. The van der Waals surface area contributed by atoms with Gasteiger partial charge in [-0.1, -0.05) is 30.3 Å². The van der Waals surface area contributed by atoms with Crippen molar-refractivity contribution in [1.29, 1.82) is 0 Å². The highest BCUT2D eigenvalue weighted by Gasteiger charge is 2.22. The molecule has 1 unspecified atom stereocenters. The molecule has 182 valence electrons. The van der Waals surface area contributed by atoms with Crippen LogP contribution in [0.4, 0.5) is 17.2 Å². The van der Waals surface area contributed by atoms with Crippen molar-refractivity contribution in [3.8, 4) is 0 Å². The predicted octanol–water partition coefficient (Wildman–Crippen LogP) is 4.87. The molecule has 0 aliphatic carbocycles. The van der Waals surface area contributed by atoms with Crippen LogP contribution in [0.5, 0.6) is 0 Å². The molecule has 1 aromatic heterocycles. The highest BCUT2D eigenvalue weighted by Crippen LogP contribution is 2.27. The smallest absolute Gasteiger partial charge is 0.247 e. The van der Waals surface area contributed by atoms with E-state index >= 15 is 0 Å². The highest BCUT2D eigenvalue weighted by molar-refractivity contribution is 5.94. The van der Waals surface area contributed by atoms with Gasteiger partial charge in [0.2, 0.25) is 11.8 Å². The van der Waals surface area contributed by atoms with E-state index in [9.17, 15) is 9.59 Å². The molecule has 7 nitrogen and oxygen atoms in total. The van der Waals surface area contributed by atoms with Crippen molar-refractivity contribution in [2.45, 2.75) is 38.8 Å². The minimum Gasteiger partial charge on any atom is -0.383 e. The lowest BCUT2D eigenvalue weighted by atomic mass is 9.96. The van der Waals surface area contributed by atoms with Crippen molar-refractivity contribution in [2.75, 3.05) is 16.4 Å². The van der Waals surface area contributed by atoms with E-state index in [-0.39, 0.29) is 11.8 Å². The third-order valence-electron chi connectivity index (χ3n) is 6.60. The number of aromatic nitrogens is 1. The number of anilines is 3. The molecule has 4 aromatic rings. The number of nitrogens with two attached hydrogens (primary N) is 1. The first-order chi connectivity index (χ1) is 17.5. The van der Waals surface area contributed by atoms with Crippen molar-refractivity contribution in [1.82, 2.24) is 10.3 Å². The van der Waals surface area contributed by atoms with Crippen LogP contribution >= 0.6 is 0 Å². The summed E-state index contributed by atoms with van der Waals surface area (Å²) in [6.07, 6.45) is 3.68. The van der Waals surface area contributed by atoms with E-state index in [1.807, 2.05) is 61.5 Å². The second-order valence-electron chi connectivity index (χ2n) is 9.22. The standard InChI is InChI=1S/C29H29N5O2/c1-18-14-22-9-8-20(18)5-3-7-26(35)33-23-6-2-4-19(15-23)17-32-29(36)27(22)34-24-10-11-25-21(16-24)12-13-31-28(25)30/h2,4,6,8-16,27,34H,3,5,7,17H2,1H3,(H2,30,31)(H,32,36)(H,33,35). The predicted molar refractivity (Wildman–Crippen MR) is 144 cm³/mol. The van der Waals surface area contributed by atoms with E-state index in [2.05, 4.69) is 33.1 Å². The quantitative estimate of drug-likeness (QED) is 0.328. The molecule has 3 heterocycles. The molecule has 2 aliphatic rings. The fourth-order valence-electron chi connectivity index (χ4n) is 4.65. The van der Waals surface area contributed by atoms with E-state index in [4.69, 9.17) is 5.73 Å². The van der Waals surface area contributed by atoms with Gasteiger partial charge in [-0.25, -0.2) is 4.98 Å². The number of nitrogens with zero attached hydrogens (tertiary/aromatic N) is 1. The zero-order valence-corrected chi connectivity index (χ0v) is 20.2. The first kappa shape index (κ1) is 23.4. The summed E-state index contributed by atoms with van der Waals surface area (Å²) in [5.74, 6) is 0.332. The van der Waals surface area contributed by atoms with Gasteiger partial charge in [0.05, 0.1) is 0 Å². The van der Waals surface area contributed by atoms with Gasteiger partial charge in [0.1, 0.15) is 11.9 Å². The summed E-state index contributed by atoms with van der Waals surface area (Å²) in [4.78, 5) is 30.0. The second-order valence-corrected chi connectivity index (χ2v) is 9.22. The van der Waals surface area contributed by atoms with Crippen LogP contribution in [0, 0.1) is 6.92 Å². The van der Waals surface area contributed by atoms with Crippen LogP contribution in [0.15, 0.2) is 72.9 Å². The largest absolute Gasteiger partial charge is 0.383 e. The van der Waals surface area contributed by atoms with Crippen LogP contribution in [0.25, 0.3) is 10.8 Å². The topological polar surface area (TPSA) is 109 Å². The zero-order chi connectivity index (χ0) is 25.1. The number of fused-ring (bicyclic) bond motifs is 10.